The van der Waals surface area contributed by atoms with E-state index in [1.54, 1.807) is 0 Å². The molecule has 1 atom stereocenters. The van der Waals surface area contributed by atoms with Crippen LogP contribution in [-0.4, -0.2) is 17.6 Å². The van der Waals surface area contributed by atoms with Crippen molar-refractivity contribution in [3.8, 4) is 6.07 Å². The first-order chi connectivity index (χ1) is 17.4. The van der Waals surface area contributed by atoms with Crippen LogP contribution in [0.5, 0.6) is 0 Å². The molecule has 1 aliphatic heterocycles. The van der Waals surface area contributed by atoms with Crippen molar-refractivity contribution in [1.82, 2.24) is 5.32 Å². The van der Waals surface area contributed by atoms with E-state index in [9.17, 15) is 14.9 Å². The van der Waals surface area contributed by atoms with Gasteiger partial charge in [-0.3, -0.25) is 9.59 Å². The molecule has 182 valence electrons. The van der Waals surface area contributed by atoms with E-state index >= 15 is 0 Å². The van der Waals surface area contributed by atoms with Crippen LogP contribution < -0.4 is 16.0 Å². The molecule has 2 aromatic carbocycles. The molecule has 1 aromatic heterocycles. The second kappa shape index (κ2) is 11.3. The van der Waals surface area contributed by atoms with Crippen LogP contribution in [0, 0.1) is 25.2 Å². The molecule has 0 aliphatic carbocycles. The van der Waals surface area contributed by atoms with Crippen molar-refractivity contribution in [3.63, 3.8) is 0 Å². The SMILES string of the molecule is CC1=C(C(=O)Nc2ccccc2)[C@H](c2cccs2)C(C#N)=C(SCC(=O)Nc2cccc(C)c2C)N1. The Morgan fingerprint density at radius 3 is 2.50 bits per heavy atom. The summed E-state index contributed by atoms with van der Waals surface area (Å²) in [5.41, 5.74) is 5.14. The zero-order chi connectivity index (χ0) is 25.7. The van der Waals surface area contributed by atoms with Crippen molar-refractivity contribution in [2.45, 2.75) is 26.7 Å². The minimum absolute atomic E-state index is 0.122. The standard InChI is InChI=1S/C28H26N4O2S2/c1-17-9-7-12-22(18(17)2)32-24(33)16-36-28-21(15-29)26(23-13-8-14-35-23)25(19(3)30-28)27(34)31-20-10-5-4-6-11-20/h4-14,26,30H,16H2,1-3H3,(H,31,34)(H,32,33)/t26-/m0/s1. The molecule has 4 rings (SSSR count). The van der Waals surface area contributed by atoms with Gasteiger partial charge in [-0.1, -0.05) is 48.2 Å². The van der Waals surface area contributed by atoms with Crippen molar-refractivity contribution >= 4 is 46.3 Å². The normalized spacial score (nSPS) is 15.2. The van der Waals surface area contributed by atoms with Crippen molar-refractivity contribution in [2.75, 3.05) is 16.4 Å². The number of nitrogens with one attached hydrogen (secondary N) is 3. The molecule has 8 heteroatoms. The number of anilines is 2. The number of thiophene rings is 1. The molecule has 6 nitrogen and oxygen atoms in total. The lowest BCUT2D eigenvalue weighted by Crippen LogP contribution is -2.30. The molecule has 0 unspecified atom stereocenters. The molecule has 36 heavy (non-hydrogen) atoms. The Balaban J connectivity index is 1.58. The van der Waals surface area contributed by atoms with E-state index in [1.807, 2.05) is 86.8 Å². The molecular formula is C28H26N4O2S2. The molecule has 0 fully saturated rings. The summed E-state index contributed by atoms with van der Waals surface area (Å²) in [5.74, 6) is -0.836. The van der Waals surface area contributed by atoms with Crippen LogP contribution in [0.1, 0.15) is 28.8 Å². The van der Waals surface area contributed by atoms with E-state index in [0.29, 0.717) is 27.6 Å². The van der Waals surface area contributed by atoms with Crippen molar-refractivity contribution in [3.05, 3.63) is 104 Å². The topological polar surface area (TPSA) is 94.0 Å². The second-order valence-corrected chi connectivity index (χ2v) is 10.3. The molecule has 0 radical (unpaired) electrons. The highest BCUT2D eigenvalue weighted by molar-refractivity contribution is 8.03. The van der Waals surface area contributed by atoms with E-state index in [1.165, 1.54) is 23.1 Å². The van der Waals surface area contributed by atoms with Crippen LogP contribution in [0.25, 0.3) is 0 Å². The molecule has 1 aliphatic rings. The van der Waals surface area contributed by atoms with Gasteiger partial charge in [-0.05, 0) is 61.5 Å². The number of rotatable bonds is 7. The Hall–Kier alpha value is -3.80. The van der Waals surface area contributed by atoms with Gasteiger partial charge in [-0.15, -0.1) is 11.3 Å². The average molecular weight is 515 g/mol. The number of para-hydroxylation sites is 1. The third-order valence-corrected chi connectivity index (χ3v) is 7.93. The summed E-state index contributed by atoms with van der Waals surface area (Å²) < 4.78 is 0. The highest BCUT2D eigenvalue weighted by atomic mass is 32.2. The number of carbonyl (C=O) groups excluding carboxylic acids is 2. The van der Waals surface area contributed by atoms with Crippen LogP contribution in [0.3, 0.4) is 0 Å². The van der Waals surface area contributed by atoms with Crippen molar-refractivity contribution < 1.29 is 9.59 Å². The Labute approximate surface area is 219 Å². The fourth-order valence-corrected chi connectivity index (χ4v) is 5.73. The van der Waals surface area contributed by atoms with Crippen molar-refractivity contribution in [1.29, 1.82) is 5.26 Å². The third kappa shape index (κ3) is 5.54. The molecule has 0 saturated heterocycles. The summed E-state index contributed by atoms with van der Waals surface area (Å²) in [5, 5.41) is 21.8. The van der Waals surface area contributed by atoms with E-state index in [-0.39, 0.29) is 17.6 Å². The number of hydrogen-bond acceptors (Lipinski definition) is 6. The lowest BCUT2D eigenvalue weighted by Gasteiger charge is -2.29. The summed E-state index contributed by atoms with van der Waals surface area (Å²) in [6.07, 6.45) is 0. The predicted molar refractivity (Wildman–Crippen MR) is 148 cm³/mol. The number of carbonyl (C=O) groups is 2. The number of nitriles is 1. The first kappa shape index (κ1) is 25.3. The predicted octanol–water partition coefficient (Wildman–Crippen LogP) is 6.07. The maximum absolute atomic E-state index is 13.4. The van der Waals surface area contributed by atoms with Gasteiger partial charge in [0.15, 0.2) is 0 Å². The zero-order valence-electron chi connectivity index (χ0n) is 20.2. The zero-order valence-corrected chi connectivity index (χ0v) is 21.8. The Morgan fingerprint density at radius 1 is 1.03 bits per heavy atom. The summed E-state index contributed by atoms with van der Waals surface area (Å²) >= 11 is 2.76. The maximum atomic E-state index is 13.4. The fourth-order valence-electron chi connectivity index (χ4n) is 4.00. The average Bonchev–Trinajstić information content (AvgIpc) is 3.40. The lowest BCUT2D eigenvalue weighted by molar-refractivity contribution is -0.114. The maximum Gasteiger partial charge on any atom is 0.254 e. The van der Waals surface area contributed by atoms with Gasteiger partial charge in [-0.25, -0.2) is 0 Å². The van der Waals surface area contributed by atoms with Gasteiger partial charge in [0.05, 0.1) is 28.3 Å². The number of hydrogen-bond donors (Lipinski definition) is 3. The Morgan fingerprint density at radius 2 is 1.81 bits per heavy atom. The first-order valence-corrected chi connectivity index (χ1v) is 13.3. The van der Waals surface area contributed by atoms with Crippen molar-refractivity contribution in [2.24, 2.45) is 0 Å². The van der Waals surface area contributed by atoms with Gasteiger partial charge in [0, 0.05) is 27.5 Å². The smallest absolute Gasteiger partial charge is 0.254 e. The fraction of sp³-hybridized carbons (Fsp3) is 0.179. The number of amides is 2. The Kier molecular flexibility index (Phi) is 7.93. The number of allylic oxidation sites excluding steroid dienone is 2. The molecule has 2 amide bonds. The highest BCUT2D eigenvalue weighted by Gasteiger charge is 2.35. The van der Waals surface area contributed by atoms with Gasteiger partial charge in [-0.2, -0.15) is 5.26 Å². The first-order valence-electron chi connectivity index (χ1n) is 11.4. The summed E-state index contributed by atoms with van der Waals surface area (Å²) in [4.78, 5) is 27.0. The van der Waals surface area contributed by atoms with Gasteiger partial charge in [0.1, 0.15) is 0 Å². The van der Waals surface area contributed by atoms with Gasteiger partial charge in [0.2, 0.25) is 5.91 Å². The number of aryl methyl sites for hydroxylation is 1. The second-order valence-electron chi connectivity index (χ2n) is 8.37. The number of dihydropyridines is 1. The molecule has 3 N–H and O–H groups in total. The summed E-state index contributed by atoms with van der Waals surface area (Å²) in [7, 11) is 0. The molecule has 0 spiro atoms. The largest absolute Gasteiger partial charge is 0.353 e. The number of benzene rings is 2. The van der Waals surface area contributed by atoms with Gasteiger partial charge < -0.3 is 16.0 Å². The number of thioether (sulfide) groups is 1. The minimum atomic E-state index is -0.524. The lowest BCUT2D eigenvalue weighted by atomic mass is 9.86. The quantitative estimate of drug-likeness (QED) is 0.356. The van der Waals surface area contributed by atoms with Crippen LogP contribution >= 0.6 is 23.1 Å². The van der Waals surface area contributed by atoms with Crippen LogP contribution in [0.15, 0.2) is 87.9 Å². The monoisotopic (exact) mass is 514 g/mol. The van der Waals surface area contributed by atoms with E-state index < -0.39 is 5.92 Å². The minimum Gasteiger partial charge on any atom is -0.353 e. The van der Waals surface area contributed by atoms with Crippen LogP contribution in [-0.2, 0) is 9.59 Å². The number of nitrogens with zero attached hydrogens (tertiary/aromatic N) is 1. The van der Waals surface area contributed by atoms with Crippen LogP contribution in [0.4, 0.5) is 11.4 Å². The molecular weight excluding hydrogens is 488 g/mol. The highest BCUT2D eigenvalue weighted by Crippen LogP contribution is 2.42. The van der Waals surface area contributed by atoms with Crippen LogP contribution in [0.2, 0.25) is 0 Å². The van der Waals surface area contributed by atoms with Gasteiger partial charge in [0.25, 0.3) is 5.91 Å². The molecule has 0 bridgehead atoms. The van der Waals surface area contributed by atoms with E-state index in [4.69, 9.17) is 0 Å². The molecule has 3 aromatic rings. The van der Waals surface area contributed by atoms with E-state index in [0.717, 1.165) is 21.7 Å². The third-order valence-electron chi connectivity index (χ3n) is 5.98. The van der Waals surface area contributed by atoms with Gasteiger partial charge >= 0.3 is 0 Å². The Bertz CT molecular complexity index is 1390. The summed E-state index contributed by atoms with van der Waals surface area (Å²) in [6, 6.07) is 21.2. The molecule has 0 saturated carbocycles. The van der Waals surface area contributed by atoms with E-state index in [2.05, 4.69) is 22.0 Å². The summed E-state index contributed by atoms with van der Waals surface area (Å²) in [6.45, 7) is 5.80. The molecule has 2 heterocycles.